The number of carbonyl (C=O) groups excluding carboxylic acids is 1. The Morgan fingerprint density at radius 3 is 3.04 bits per heavy atom. The lowest BCUT2D eigenvalue weighted by atomic mass is 10.1. The van der Waals surface area contributed by atoms with Crippen molar-refractivity contribution in [1.29, 1.82) is 0 Å². The Morgan fingerprint density at radius 2 is 2.36 bits per heavy atom. The molecule has 1 aromatic rings. The van der Waals surface area contributed by atoms with E-state index in [1.165, 1.54) is 0 Å². The lowest BCUT2D eigenvalue weighted by Crippen LogP contribution is -2.17. The number of carbonyl (C=O) groups is 1. The third kappa shape index (κ3) is 6.71. The average molecular weight is 383 g/mol. The Labute approximate surface area is 167 Å². The molecule has 0 saturated carbocycles. The van der Waals surface area contributed by atoms with Crippen LogP contribution < -0.4 is 5.32 Å². The smallest absolute Gasteiger partial charge is 0.335 e. The molecule has 0 aliphatic carbocycles. The molecule has 2 heterocycles. The third-order valence-corrected chi connectivity index (χ3v) is 4.56. The summed E-state index contributed by atoms with van der Waals surface area (Å²) in [5.41, 5.74) is 3.63. The molecular weight excluding hydrogens is 354 g/mol. The Morgan fingerprint density at radius 1 is 1.54 bits per heavy atom. The highest BCUT2D eigenvalue weighted by molar-refractivity contribution is 5.90. The van der Waals surface area contributed by atoms with Gasteiger partial charge in [0.05, 0.1) is 25.3 Å². The van der Waals surface area contributed by atoms with Crippen LogP contribution in [0.15, 0.2) is 46.4 Å². The van der Waals surface area contributed by atoms with E-state index in [1.54, 1.807) is 19.4 Å². The number of hydrogen-bond donors (Lipinski definition) is 1. The largest absolute Gasteiger partial charge is 0.496 e. The Bertz CT molecular complexity index is 805. The molecule has 1 aromatic heterocycles. The van der Waals surface area contributed by atoms with E-state index >= 15 is 0 Å². The Balaban J connectivity index is 1.81. The zero-order valence-corrected chi connectivity index (χ0v) is 17.1. The van der Waals surface area contributed by atoms with Gasteiger partial charge in [-0.05, 0) is 57.2 Å². The number of rotatable bonds is 9. The molecule has 0 bridgehead atoms. The summed E-state index contributed by atoms with van der Waals surface area (Å²) in [5.74, 6) is 3.45. The van der Waals surface area contributed by atoms with Gasteiger partial charge < -0.3 is 14.8 Å². The van der Waals surface area contributed by atoms with Crippen LogP contribution in [0.25, 0.3) is 6.08 Å². The lowest BCUT2D eigenvalue weighted by Gasteiger charge is -2.09. The highest BCUT2D eigenvalue weighted by Gasteiger charge is 2.20. The van der Waals surface area contributed by atoms with Crippen LogP contribution in [0.5, 0.6) is 0 Å². The molecule has 28 heavy (non-hydrogen) atoms. The summed E-state index contributed by atoms with van der Waals surface area (Å²) < 4.78 is 10.3. The second kappa shape index (κ2) is 11.1. The van der Waals surface area contributed by atoms with E-state index < -0.39 is 0 Å². The monoisotopic (exact) mass is 383 g/mol. The zero-order valence-electron chi connectivity index (χ0n) is 17.1. The van der Waals surface area contributed by atoms with E-state index in [1.807, 2.05) is 32.1 Å². The van der Waals surface area contributed by atoms with Crippen molar-refractivity contribution in [3.05, 3.63) is 52.7 Å². The normalized spacial score (nSPS) is 16.7. The van der Waals surface area contributed by atoms with Crippen molar-refractivity contribution in [1.82, 2.24) is 10.3 Å². The van der Waals surface area contributed by atoms with Gasteiger partial charge in [-0.3, -0.25) is 4.98 Å². The molecule has 0 aromatic carbocycles. The van der Waals surface area contributed by atoms with Gasteiger partial charge in [0, 0.05) is 36.6 Å². The van der Waals surface area contributed by atoms with Gasteiger partial charge in [-0.15, -0.1) is 0 Å². The summed E-state index contributed by atoms with van der Waals surface area (Å²) in [6.07, 6.45) is 8.00. The van der Waals surface area contributed by atoms with Gasteiger partial charge in [-0.1, -0.05) is 6.07 Å². The van der Waals surface area contributed by atoms with Crippen LogP contribution in [-0.2, 0) is 14.3 Å². The maximum absolute atomic E-state index is 11.5. The fraction of sp³-hybridized carbons (Fsp3) is 0.455. The molecule has 0 spiro atoms. The van der Waals surface area contributed by atoms with Crippen LogP contribution in [0, 0.1) is 6.92 Å². The van der Waals surface area contributed by atoms with Crippen molar-refractivity contribution in [2.45, 2.75) is 46.1 Å². The van der Waals surface area contributed by atoms with E-state index in [2.05, 4.69) is 28.1 Å². The van der Waals surface area contributed by atoms with Crippen LogP contribution in [0.3, 0.4) is 0 Å². The highest BCUT2D eigenvalue weighted by Crippen LogP contribution is 2.16. The van der Waals surface area contributed by atoms with Crippen LogP contribution >= 0.6 is 0 Å². The number of nitrogens with zero attached hydrogens (tertiary/aromatic N) is 2. The number of esters is 1. The summed E-state index contributed by atoms with van der Waals surface area (Å²) in [4.78, 5) is 20.2. The summed E-state index contributed by atoms with van der Waals surface area (Å²) >= 11 is 0. The third-order valence-electron chi connectivity index (χ3n) is 4.56. The molecule has 6 heteroatoms. The van der Waals surface area contributed by atoms with Crippen molar-refractivity contribution in [2.24, 2.45) is 4.99 Å². The molecule has 1 atom stereocenters. The van der Waals surface area contributed by atoms with E-state index in [4.69, 9.17) is 9.47 Å². The Hall–Kier alpha value is -2.85. The lowest BCUT2D eigenvalue weighted by molar-refractivity contribution is -0.135. The van der Waals surface area contributed by atoms with Gasteiger partial charge in [0.15, 0.2) is 0 Å². The number of allylic oxidation sites excluding steroid dienone is 2. The maximum Gasteiger partial charge on any atom is 0.335 e. The molecule has 1 fully saturated rings. The SMILES string of the molecule is CO/C(C=C=NC(C)CCCN/C(C)=C1/CCOC1=O)=C/c1cccnc1C. The number of aromatic nitrogens is 1. The molecule has 0 amide bonds. The summed E-state index contributed by atoms with van der Waals surface area (Å²) in [6.45, 7) is 7.23. The highest BCUT2D eigenvalue weighted by atomic mass is 16.5. The average Bonchev–Trinajstić information content (AvgIpc) is 3.12. The fourth-order valence-electron chi connectivity index (χ4n) is 2.81. The molecule has 6 nitrogen and oxygen atoms in total. The molecule has 2 rings (SSSR count). The standard InChI is InChI=1S/C22H29N3O3/c1-16(7-5-11-25-18(3)21-10-14-28-22(21)26)23-13-9-20(27-4)15-19-8-6-12-24-17(19)2/h6,8-9,12,15-16,25H,5,7,10-11,14H2,1-4H3/b20-15+,21-18-. The molecule has 150 valence electrons. The first-order valence-electron chi connectivity index (χ1n) is 9.58. The van der Waals surface area contributed by atoms with Crippen LogP contribution in [0.2, 0.25) is 0 Å². The molecule has 1 saturated heterocycles. The van der Waals surface area contributed by atoms with Gasteiger partial charge >= 0.3 is 5.97 Å². The zero-order chi connectivity index (χ0) is 20.4. The number of aliphatic imine (C=N–C) groups is 1. The minimum absolute atomic E-state index is 0.153. The van der Waals surface area contributed by atoms with E-state index in [0.29, 0.717) is 18.8 Å². The summed E-state index contributed by atoms with van der Waals surface area (Å²) in [6, 6.07) is 4.04. The van der Waals surface area contributed by atoms with Crippen molar-refractivity contribution < 1.29 is 14.3 Å². The van der Waals surface area contributed by atoms with Gasteiger partial charge in [0.2, 0.25) is 0 Å². The summed E-state index contributed by atoms with van der Waals surface area (Å²) in [5, 5.41) is 3.30. The number of methoxy groups -OCH3 is 1. The number of pyridine rings is 1. The Kier molecular flexibility index (Phi) is 8.50. The molecule has 1 N–H and O–H groups in total. The van der Waals surface area contributed by atoms with Gasteiger partial charge in [0.25, 0.3) is 0 Å². The van der Waals surface area contributed by atoms with E-state index in [-0.39, 0.29) is 12.0 Å². The first-order valence-corrected chi connectivity index (χ1v) is 9.58. The second-order valence-electron chi connectivity index (χ2n) is 6.74. The minimum Gasteiger partial charge on any atom is -0.496 e. The molecular formula is C22H29N3O3. The van der Waals surface area contributed by atoms with E-state index in [9.17, 15) is 4.79 Å². The van der Waals surface area contributed by atoms with Gasteiger partial charge in [-0.25, -0.2) is 9.79 Å². The van der Waals surface area contributed by atoms with Crippen molar-refractivity contribution in [3.8, 4) is 0 Å². The molecule has 0 radical (unpaired) electrons. The number of hydrogen-bond acceptors (Lipinski definition) is 6. The first-order chi connectivity index (χ1) is 13.5. The van der Waals surface area contributed by atoms with Crippen molar-refractivity contribution in [2.75, 3.05) is 20.3 Å². The van der Waals surface area contributed by atoms with Gasteiger partial charge in [0.1, 0.15) is 5.76 Å². The van der Waals surface area contributed by atoms with Crippen LogP contribution in [0.1, 0.15) is 44.4 Å². The maximum atomic E-state index is 11.5. The first kappa shape index (κ1) is 21.5. The van der Waals surface area contributed by atoms with E-state index in [0.717, 1.165) is 41.9 Å². The summed E-state index contributed by atoms with van der Waals surface area (Å²) in [7, 11) is 1.63. The van der Waals surface area contributed by atoms with Crippen molar-refractivity contribution in [3.63, 3.8) is 0 Å². The molecule has 1 aliphatic heterocycles. The number of nitrogens with one attached hydrogen (secondary N) is 1. The molecule has 1 aliphatic rings. The van der Waals surface area contributed by atoms with Crippen LogP contribution in [0.4, 0.5) is 0 Å². The predicted octanol–water partition coefficient (Wildman–Crippen LogP) is 3.58. The predicted molar refractivity (Wildman–Crippen MR) is 111 cm³/mol. The minimum atomic E-state index is -0.198. The fourth-order valence-corrected chi connectivity index (χ4v) is 2.81. The molecule has 1 unspecified atom stereocenters. The number of ether oxygens (including phenoxy) is 2. The second-order valence-corrected chi connectivity index (χ2v) is 6.74. The topological polar surface area (TPSA) is 72.8 Å². The quantitative estimate of drug-likeness (QED) is 0.176. The van der Waals surface area contributed by atoms with Crippen LogP contribution in [-0.4, -0.2) is 43.1 Å². The van der Waals surface area contributed by atoms with Crippen molar-refractivity contribution >= 4 is 17.9 Å². The number of cyclic esters (lactones) is 1. The van der Waals surface area contributed by atoms with Gasteiger partial charge in [-0.2, -0.15) is 0 Å². The number of aryl methyl sites for hydroxylation is 1.